The molecule has 0 aromatic heterocycles. The molecule has 0 saturated heterocycles. The monoisotopic (exact) mass is 259 g/mol. The van der Waals surface area contributed by atoms with E-state index in [0.29, 0.717) is 24.5 Å². The molecule has 1 amide bonds. The number of halogens is 2. The molecule has 0 fully saturated rings. The van der Waals surface area contributed by atoms with Gasteiger partial charge in [0.05, 0.1) is 12.6 Å². The highest BCUT2D eigenvalue weighted by molar-refractivity contribution is 6.17. The third-order valence-electron chi connectivity index (χ3n) is 2.25. The molecule has 0 aliphatic heterocycles. The van der Waals surface area contributed by atoms with Crippen LogP contribution in [0.3, 0.4) is 0 Å². The van der Waals surface area contributed by atoms with Crippen LogP contribution >= 0.6 is 11.6 Å². The summed E-state index contributed by atoms with van der Waals surface area (Å²) in [6.45, 7) is 0.383. The molecule has 17 heavy (non-hydrogen) atoms. The summed E-state index contributed by atoms with van der Waals surface area (Å²) in [5.41, 5.74) is 0.292. The molecule has 0 bridgehead atoms. The minimum absolute atomic E-state index is 0.159. The van der Waals surface area contributed by atoms with E-state index in [1.807, 2.05) is 0 Å². The summed E-state index contributed by atoms with van der Waals surface area (Å²) in [4.78, 5) is 11.8. The number of nitrogens with one attached hydrogen (secondary N) is 1. The van der Waals surface area contributed by atoms with Crippen molar-refractivity contribution in [1.82, 2.24) is 5.32 Å². The van der Waals surface area contributed by atoms with Crippen LogP contribution in [-0.4, -0.2) is 31.5 Å². The second-order valence-electron chi connectivity index (χ2n) is 3.61. The highest BCUT2D eigenvalue weighted by Gasteiger charge is 2.13. The van der Waals surface area contributed by atoms with Crippen molar-refractivity contribution < 1.29 is 13.9 Å². The average molecular weight is 260 g/mol. The van der Waals surface area contributed by atoms with E-state index in [0.717, 1.165) is 0 Å². The van der Waals surface area contributed by atoms with E-state index in [1.165, 1.54) is 18.2 Å². The fourth-order valence-electron chi connectivity index (χ4n) is 1.43. The smallest absolute Gasteiger partial charge is 0.251 e. The van der Waals surface area contributed by atoms with Crippen LogP contribution in [0.15, 0.2) is 24.3 Å². The summed E-state index contributed by atoms with van der Waals surface area (Å²) in [6, 6.07) is 5.38. The molecule has 3 nitrogen and oxygen atoms in total. The molecule has 1 N–H and O–H groups in total. The van der Waals surface area contributed by atoms with E-state index in [2.05, 4.69) is 5.32 Å². The number of methoxy groups -OCH3 is 1. The van der Waals surface area contributed by atoms with Crippen molar-refractivity contribution in [3.8, 4) is 0 Å². The number of carbonyl (C=O) groups is 1. The van der Waals surface area contributed by atoms with E-state index < -0.39 is 5.82 Å². The first kappa shape index (κ1) is 13.9. The Balaban J connectivity index is 2.63. The Bertz CT molecular complexity index is 367. The lowest BCUT2D eigenvalue weighted by molar-refractivity contribution is 0.0894. The van der Waals surface area contributed by atoms with E-state index >= 15 is 0 Å². The zero-order chi connectivity index (χ0) is 12.7. The molecule has 0 aliphatic carbocycles. The van der Waals surface area contributed by atoms with Gasteiger partial charge in [-0.25, -0.2) is 4.39 Å². The summed E-state index contributed by atoms with van der Waals surface area (Å²) in [5, 5.41) is 2.75. The van der Waals surface area contributed by atoms with Gasteiger partial charge in [0, 0.05) is 18.6 Å². The van der Waals surface area contributed by atoms with Gasteiger partial charge in [0.25, 0.3) is 5.91 Å². The van der Waals surface area contributed by atoms with Crippen molar-refractivity contribution in [2.24, 2.45) is 0 Å². The van der Waals surface area contributed by atoms with Crippen molar-refractivity contribution >= 4 is 17.5 Å². The Morgan fingerprint density at radius 3 is 2.94 bits per heavy atom. The van der Waals surface area contributed by atoms with Crippen LogP contribution < -0.4 is 5.32 Å². The van der Waals surface area contributed by atoms with Crippen molar-refractivity contribution in [1.29, 1.82) is 0 Å². The van der Waals surface area contributed by atoms with Gasteiger partial charge in [-0.3, -0.25) is 4.79 Å². The van der Waals surface area contributed by atoms with Crippen LogP contribution in [0.25, 0.3) is 0 Å². The van der Waals surface area contributed by atoms with E-state index in [1.54, 1.807) is 13.2 Å². The number of hydrogen-bond acceptors (Lipinski definition) is 2. The molecule has 1 unspecified atom stereocenters. The second-order valence-corrected chi connectivity index (χ2v) is 3.99. The minimum Gasteiger partial charge on any atom is -0.383 e. The Morgan fingerprint density at radius 1 is 1.59 bits per heavy atom. The number of amides is 1. The Hall–Kier alpha value is -1.13. The molecule has 0 heterocycles. The lowest BCUT2D eigenvalue weighted by Gasteiger charge is -2.16. The van der Waals surface area contributed by atoms with Gasteiger partial charge >= 0.3 is 0 Å². The molecular weight excluding hydrogens is 245 g/mol. The van der Waals surface area contributed by atoms with Crippen LogP contribution in [0.1, 0.15) is 16.8 Å². The van der Waals surface area contributed by atoms with Crippen molar-refractivity contribution in [2.75, 3.05) is 19.6 Å². The number of alkyl halides is 1. The van der Waals surface area contributed by atoms with Gasteiger partial charge in [-0.1, -0.05) is 6.07 Å². The topological polar surface area (TPSA) is 38.3 Å². The van der Waals surface area contributed by atoms with Crippen LogP contribution in [0.4, 0.5) is 4.39 Å². The average Bonchev–Trinajstić information content (AvgIpc) is 2.29. The summed E-state index contributed by atoms with van der Waals surface area (Å²) in [5.74, 6) is -0.327. The number of ether oxygens (including phenoxy) is 1. The van der Waals surface area contributed by atoms with Gasteiger partial charge in [-0.15, -0.1) is 11.6 Å². The molecular formula is C12H15ClFNO2. The normalized spacial score (nSPS) is 12.2. The van der Waals surface area contributed by atoms with Gasteiger partial charge < -0.3 is 10.1 Å². The Morgan fingerprint density at radius 2 is 2.35 bits per heavy atom. The van der Waals surface area contributed by atoms with Crippen LogP contribution in [0.5, 0.6) is 0 Å². The molecule has 94 valence electrons. The molecule has 0 saturated carbocycles. The first-order valence-electron chi connectivity index (χ1n) is 5.28. The van der Waals surface area contributed by atoms with Crippen LogP contribution in [-0.2, 0) is 4.74 Å². The van der Waals surface area contributed by atoms with Crippen LogP contribution in [0.2, 0.25) is 0 Å². The van der Waals surface area contributed by atoms with E-state index in [4.69, 9.17) is 16.3 Å². The second kappa shape index (κ2) is 7.25. The molecule has 0 aliphatic rings. The van der Waals surface area contributed by atoms with E-state index in [-0.39, 0.29) is 11.9 Å². The first-order valence-corrected chi connectivity index (χ1v) is 5.82. The number of rotatable bonds is 6. The van der Waals surface area contributed by atoms with Crippen molar-refractivity contribution in [3.05, 3.63) is 35.6 Å². The maximum atomic E-state index is 12.9. The molecule has 1 aromatic carbocycles. The van der Waals surface area contributed by atoms with Gasteiger partial charge in [0.15, 0.2) is 0 Å². The standard InChI is InChI=1S/C12H15ClFNO2/c1-17-8-11(5-6-13)15-12(16)9-3-2-4-10(14)7-9/h2-4,7,11H,5-6,8H2,1H3,(H,15,16). The summed E-state index contributed by atoms with van der Waals surface area (Å²) in [6.07, 6.45) is 0.608. The highest BCUT2D eigenvalue weighted by Crippen LogP contribution is 2.05. The fraction of sp³-hybridized carbons (Fsp3) is 0.417. The maximum absolute atomic E-state index is 12.9. The summed E-state index contributed by atoms with van der Waals surface area (Å²) < 4.78 is 17.9. The first-order chi connectivity index (χ1) is 8.17. The number of benzene rings is 1. The number of carbonyl (C=O) groups excluding carboxylic acids is 1. The number of hydrogen-bond donors (Lipinski definition) is 1. The lowest BCUT2D eigenvalue weighted by Crippen LogP contribution is -2.38. The molecule has 0 radical (unpaired) electrons. The zero-order valence-electron chi connectivity index (χ0n) is 9.58. The predicted molar refractivity (Wildman–Crippen MR) is 64.9 cm³/mol. The third kappa shape index (κ3) is 4.71. The van der Waals surface area contributed by atoms with Gasteiger partial charge in [-0.2, -0.15) is 0 Å². The minimum atomic E-state index is -0.432. The van der Waals surface area contributed by atoms with Gasteiger partial charge in [0.2, 0.25) is 0 Å². The SMILES string of the molecule is COCC(CCCl)NC(=O)c1cccc(F)c1. The predicted octanol–water partition coefficient (Wildman–Crippen LogP) is 2.20. The summed E-state index contributed by atoms with van der Waals surface area (Å²) in [7, 11) is 1.55. The van der Waals surface area contributed by atoms with Gasteiger partial charge in [-0.05, 0) is 24.6 Å². The molecule has 5 heteroatoms. The quantitative estimate of drug-likeness (QED) is 0.796. The lowest BCUT2D eigenvalue weighted by atomic mass is 10.1. The molecule has 1 atom stereocenters. The van der Waals surface area contributed by atoms with Gasteiger partial charge in [0.1, 0.15) is 5.82 Å². The molecule has 1 aromatic rings. The zero-order valence-corrected chi connectivity index (χ0v) is 10.3. The molecule has 1 rings (SSSR count). The highest BCUT2D eigenvalue weighted by atomic mass is 35.5. The van der Waals surface area contributed by atoms with Crippen molar-refractivity contribution in [3.63, 3.8) is 0 Å². The maximum Gasteiger partial charge on any atom is 0.251 e. The largest absolute Gasteiger partial charge is 0.383 e. The van der Waals surface area contributed by atoms with Crippen LogP contribution in [0, 0.1) is 5.82 Å². The van der Waals surface area contributed by atoms with Crippen molar-refractivity contribution in [2.45, 2.75) is 12.5 Å². The third-order valence-corrected chi connectivity index (χ3v) is 2.47. The van der Waals surface area contributed by atoms with E-state index in [9.17, 15) is 9.18 Å². The Kier molecular flexibility index (Phi) is 5.94. The summed E-state index contributed by atoms with van der Waals surface area (Å²) >= 11 is 5.62. The fourth-order valence-corrected chi connectivity index (χ4v) is 1.69. The Labute approximate surface area is 105 Å². The molecule has 0 spiro atoms.